The van der Waals surface area contributed by atoms with Crippen LogP contribution in [0.1, 0.15) is 10.4 Å². The van der Waals surface area contributed by atoms with Crippen LogP contribution in [0.4, 0.5) is 20.2 Å². The Bertz CT molecular complexity index is 642. The smallest absolute Gasteiger partial charge is 0.337 e. The zero-order valence-electron chi connectivity index (χ0n) is 10.5. The second kappa shape index (κ2) is 5.56. The number of carbonyl (C=O) groups is 1. The molecule has 0 atom stereocenters. The third-order valence-corrected chi connectivity index (χ3v) is 2.66. The summed E-state index contributed by atoms with van der Waals surface area (Å²) in [6.07, 6.45) is 0. The van der Waals surface area contributed by atoms with Gasteiger partial charge >= 0.3 is 5.97 Å². The molecule has 0 aliphatic heterocycles. The average Bonchev–Trinajstić information content (AvgIpc) is 2.43. The van der Waals surface area contributed by atoms with Gasteiger partial charge in [-0.2, -0.15) is 0 Å². The first-order valence-electron chi connectivity index (χ1n) is 5.64. The van der Waals surface area contributed by atoms with Crippen molar-refractivity contribution in [1.82, 2.24) is 0 Å². The highest BCUT2D eigenvalue weighted by atomic mass is 19.2. The minimum Gasteiger partial charge on any atom is -0.497 e. The third kappa shape index (κ3) is 2.85. The van der Waals surface area contributed by atoms with Crippen LogP contribution in [0.25, 0.3) is 0 Å². The number of halogens is 2. The van der Waals surface area contributed by atoms with E-state index in [9.17, 15) is 13.6 Å². The number of aromatic carboxylic acids is 1. The number of anilines is 2. The molecule has 0 radical (unpaired) electrons. The van der Waals surface area contributed by atoms with E-state index < -0.39 is 17.6 Å². The molecule has 0 aliphatic rings. The van der Waals surface area contributed by atoms with Crippen LogP contribution >= 0.6 is 0 Å². The van der Waals surface area contributed by atoms with Crippen LogP contribution < -0.4 is 10.1 Å². The molecule has 0 spiro atoms. The number of hydrogen-bond acceptors (Lipinski definition) is 3. The van der Waals surface area contributed by atoms with Gasteiger partial charge in [-0.05, 0) is 30.3 Å². The van der Waals surface area contributed by atoms with Crippen molar-refractivity contribution in [2.45, 2.75) is 0 Å². The van der Waals surface area contributed by atoms with E-state index in [-0.39, 0.29) is 11.3 Å². The van der Waals surface area contributed by atoms with Gasteiger partial charge in [0, 0.05) is 11.8 Å². The fraction of sp³-hybridized carbons (Fsp3) is 0.0714. The largest absolute Gasteiger partial charge is 0.497 e. The maximum atomic E-state index is 13.2. The van der Waals surface area contributed by atoms with Crippen LogP contribution in [-0.2, 0) is 0 Å². The molecule has 0 saturated carbocycles. The standard InChI is InChI=1S/C14H11F2NO3/c1-20-9-4-2-8(3-5-9)17-13-7-12(16)11(15)6-10(13)14(18)19/h2-7,17H,1H3,(H,18,19). The first-order valence-corrected chi connectivity index (χ1v) is 5.64. The summed E-state index contributed by atoms with van der Waals surface area (Å²) in [7, 11) is 1.51. The van der Waals surface area contributed by atoms with Gasteiger partial charge in [0.2, 0.25) is 0 Å². The van der Waals surface area contributed by atoms with Crippen LogP contribution in [-0.4, -0.2) is 18.2 Å². The Morgan fingerprint density at radius 1 is 1.15 bits per heavy atom. The third-order valence-electron chi connectivity index (χ3n) is 2.66. The number of carboxylic acids is 1. The van der Waals surface area contributed by atoms with Crippen molar-refractivity contribution in [3.8, 4) is 5.75 Å². The van der Waals surface area contributed by atoms with Gasteiger partial charge in [-0.25, -0.2) is 13.6 Å². The fourth-order valence-electron chi connectivity index (χ4n) is 1.66. The molecular weight excluding hydrogens is 268 g/mol. The molecule has 2 aromatic carbocycles. The number of ether oxygens (including phenoxy) is 1. The SMILES string of the molecule is COc1ccc(Nc2cc(F)c(F)cc2C(=O)O)cc1. The summed E-state index contributed by atoms with van der Waals surface area (Å²) >= 11 is 0. The van der Waals surface area contributed by atoms with Crippen LogP contribution in [0.15, 0.2) is 36.4 Å². The molecule has 2 N–H and O–H groups in total. The Morgan fingerprint density at radius 3 is 2.30 bits per heavy atom. The molecule has 0 bridgehead atoms. The van der Waals surface area contributed by atoms with Crippen molar-refractivity contribution < 1.29 is 23.4 Å². The summed E-state index contributed by atoms with van der Waals surface area (Å²) in [5, 5.41) is 11.7. The highest BCUT2D eigenvalue weighted by Crippen LogP contribution is 2.25. The normalized spacial score (nSPS) is 10.2. The number of rotatable bonds is 4. The van der Waals surface area contributed by atoms with Gasteiger partial charge in [0.25, 0.3) is 0 Å². The molecule has 0 aliphatic carbocycles. The molecule has 0 heterocycles. The molecule has 20 heavy (non-hydrogen) atoms. The van der Waals surface area contributed by atoms with Crippen LogP contribution in [0.3, 0.4) is 0 Å². The van der Waals surface area contributed by atoms with Crippen LogP contribution in [0.5, 0.6) is 5.75 Å². The van der Waals surface area contributed by atoms with Crippen molar-refractivity contribution in [2.75, 3.05) is 12.4 Å². The maximum absolute atomic E-state index is 13.2. The van der Waals surface area contributed by atoms with E-state index in [1.54, 1.807) is 24.3 Å². The zero-order valence-corrected chi connectivity index (χ0v) is 10.5. The minimum absolute atomic E-state index is 0.0263. The lowest BCUT2D eigenvalue weighted by molar-refractivity contribution is 0.0697. The van der Waals surface area contributed by atoms with Crippen LogP contribution in [0, 0.1) is 11.6 Å². The van der Waals surface area contributed by atoms with E-state index in [0.717, 1.165) is 6.07 Å². The van der Waals surface area contributed by atoms with Crippen LogP contribution in [0.2, 0.25) is 0 Å². The molecule has 0 aromatic heterocycles. The molecule has 4 nitrogen and oxygen atoms in total. The number of nitrogens with one attached hydrogen (secondary N) is 1. The van der Waals surface area contributed by atoms with E-state index >= 15 is 0 Å². The van der Waals surface area contributed by atoms with Gasteiger partial charge in [-0.1, -0.05) is 0 Å². The summed E-state index contributed by atoms with van der Waals surface area (Å²) < 4.78 is 31.3. The summed E-state index contributed by atoms with van der Waals surface area (Å²) in [5.41, 5.74) is 0.153. The van der Waals surface area contributed by atoms with Crippen molar-refractivity contribution >= 4 is 17.3 Å². The molecule has 2 rings (SSSR count). The number of benzene rings is 2. The molecule has 0 amide bonds. The van der Waals surface area contributed by atoms with Gasteiger partial charge < -0.3 is 15.2 Å². The Morgan fingerprint density at radius 2 is 1.75 bits per heavy atom. The monoisotopic (exact) mass is 279 g/mol. The van der Waals surface area contributed by atoms with Crippen molar-refractivity contribution in [1.29, 1.82) is 0 Å². The van der Waals surface area contributed by atoms with E-state index in [0.29, 0.717) is 17.5 Å². The zero-order chi connectivity index (χ0) is 14.7. The summed E-state index contributed by atoms with van der Waals surface area (Å²) in [6.45, 7) is 0. The Hall–Kier alpha value is -2.63. The molecular formula is C14H11F2NO3. The van der Waals surface area contributed by atoms with Gasteiger partial charge in [-0.15, -0.1) is 0 Å². The van der Waals surface area contributed by atoms with E-state index in [1.807, 2.05) is 0 Å². The molecule has 6 heteroatoms. The quantitative estimate of drug-likeness (QED) is 0.900. The first kappa shape index (κ1) is 13.8. The van der Waals surface area contributed by atoms with E-state index in [1.165, 1.54) is 7.11 Å². The summed E-state index contributed by atoms with van der Waals surface area (Å²) in [6, 6.07) is 8.02. The lowest BCUT2D eigenvalue weighted by Crippen LogP contribution is -2.05. The predicted molar refractivity (Wildman–Crippen MR) is 69.6 cm³/mol. The van der Waals surface area contributed by atoms with Gasteiger partial charge in [-0.3, -0.25) is 0 Å². The Balaban J connectivity index is 2.36. The highest BCUT2D eigenvalue weighted by molar-refractivity contribution is 5.95. The minimum atomic E-state index is -1.35. The van der Waals surface area contributed by atoms with E-state index in [2.05, 4.69) is 5.32 Å². The average molecular weight is 279 g/mol. The topological polar surface area (TPSA) is 58.6 Å². The number of hydrogen-bond donors (Lipinski definition) is 2. The van der Waals surface area contributed by atoms with Gasteiger partial charge in [0.05, 0.1) is 18.4 Å². The lowest BCUT2D eigenvalue weighted by atomic mass is 10.1. The van der Waals surface area contributed by atoms with Gasteiger partial charge in [0.1, 0.15) is 5.75 Å². The predicted octanol–water partition coefficient (Wildman–Crippen LogP) is 3.42. The second-order valence-electron chi connectivity index (χ2n) is 3.97. The van der Waals surface area contributed by atoms with E-state index in [4.69, 9.17) is 9.84 Å². The molecule has 2 aromatic rings. The molecule has 0 fully saturated rings. The fourth-order valence-corrected chi connectivity index (χ4v) is 1.66. The number of methoxy groups -OCH3 is 1. The second-order valence-corrected chi connectivity index (χ2v) is 3.97. The lowest BCUT2D eigenvalue weighted by Gasteiger charge is -2.10. The summed E-state index contributed by atoms with van der Waals surface area (Å²) in [5.74, 6) is -3.05. The van der Waals surface area contributed by atoms with Gasteiger partial charge in [0.15, 0.2) is 11.6 Å². The molecule has 0 saturated heterocycles. The Kier molecular flexibility index (Phi) is 3.84. The Labute approximate surface area is 113 Å². The molecule has 0 unspecified atom stereocenters. The van der Waals surface area contributed by atoms with Crippen molar-refractivity contribution in [3.05, 3.63) is 53.6 Å². The highest BCUT2D eigenvalue weighted by Gasteiger charge is 2.15. The molecule has 104 valence electrons. The number of carboxylic acid groups (broad SMARTS) is 1. The maximum Gasteiger partial charge on any atom is 0.337 e. The first-order chi connectivity index (χ1) is 9.51. The summed E-state index contributed by atoms with van der Waals surface area (Å²) in [4.78, 5) is 11.0. The van der Waals surface area contributed by atoms with Crippen molar-refractivity contribution in [3.63, 3.8) is 0 Å². The van der Waals surface area contributed by atoms with Crippen molar-refractivity contribution in [2.24, 2.45) is 0 Å².